The molecule has 80 valence electrons. The summed E-state index contributed by atoms with van der Waals surface area (Å²) >= 11 is 0. The van der Waals surface area contributed by atoms with Gasteiger partial charge in [-0.15, -0.1) is 0 Å². The lowest BCUT2D eigenvalue weighted by atomic mass is 10.2. The first-order valence-electron chi connectivity index (χ1n) is 4.56. The highest BCUT2D eigenvalue weighted by Gasteiger charge is 2.08. The number of aliphatic hydroxyl groups is 2. The largest absolute Gasteiger partial charge is 0.394 e. The van der Waals surface area contributed by atoms with Gasteiger partial charge in [0, 0.05) is 18.7 Å². The van der Waals surface area contributed by atoms with E-state index in [0.717, 1.165) is 17.0 Å². The Morgan fingerprint density at radius 1 is 1.50 bits per heavy atom. The normalized spacial score (nSPS) is 13.1. The molecular formula is C9H16N2O3. The van der Waals surface area contributed by atoms with Crippen molar-refractivity contribution in [3.63, 3.8) is 0 Å². The predicted octanol–water partition coefficient (Wildman–Crippen LogP) is -0.266. The minimum Gasteiger partial charge on any atom is -0.394 e. The van der Waals surface area contributed by atoms with E-state index in [0.29, 0.717) is 13.1 Å². The van der Waals surface area contributed by atoms with Gasteiger partial charge in [0.25, 0.3) is 0 Å². The Hall–Kier alpha value is -0.910. The molecule has 0 saturated heterocycles. The monoisotopic (exact) mass is 200 g/mol. The van der Waals surface area contributed by atoms with Gasteiger partial charge in [0.2, 0.25) is 0 Å². The van der Waals surface area contributed by atoms with E-state index in [-0.39, 0.29) is 6.61 Å². The maximum atomic E-state index is 9.07. The summed E-state index contributed by atoms with van der Waals surface area (Å²) in [6.07, 6.45) is -0.713. The number of hydrogen-bond donors (Lipinski definition) is 3. The maximum absolute atomic E-state index is 9.07. The molecule has 0 aliphatic carbocycles. The Kier molecular flexibility index (Phi) is 4.06. The predicted molar refractivity (Wildman–Crippen MR) is 50.8 cm³/mol. The summed E-state index contributed by atoms with van der Waals surface area (Å²) in [7, 11) is 0. The van der Waals surface area contributed by atoms with Crippen LogP contribution >= 0.6 is 0 Å². The minimum absolute atomic E-state index is 0.228. The third-order valence-electron chi connectivity index (χ3n) is 2.07. The highest BCUT2D eigenvalue weighted by molar-refractivity contribution is 5.20. The lowest BCUT2D eigenvalue weighted by Gasteiger charge is -2.08. The third-order valence-corrected chi connectivity index (χ3v) is 2.07. The van der Waals surface area contributed by atoms with Crippen LogP contribution in [0.4, 0.5) is 0 Å². The molecule has 1 atom stereocenters. The molecule has 0 spiro atoms. The molecule has 3 N–H and O–H groups in total. The van der Waals surface area contributed by atoms with Crippen molar-refractivity contribution in [1.29, 1.82) is 0 Å². The van der Waals surface area contributed by atoms with Gasteiger partial charge in [-0.2, -0.15) is 0 Å². The third kappa shape index (κ3) is 2.80. The van der Waals surface area contributed by atoms with Crippen molar-refractivity contribution in [3.05, 3.63) is 17.0 Å². The van der Waals surface area contributed by atoms with Gasteiger partial charge in [-0.05, 0) is 13.8 Å². The Balaban J connectivity index is 2.38. The molecule has 1 unspecified atom stereocenters. The number of aromatic nitrogens is 1. The van der Waals surface area contributed by atoms with Crippen molar-refractivity contribution in [3.8, 4) is 0 Å². The van der Waals surface area contributed by atoms with Crippen molar-refractivity contribution in [2.45, 2.75) is 26.5 Å². The highest BCUT2D eigenvalue weighted by Crippen LogP contribution is 2.11. The second-order valence-electron chi connectivity index (χ2n) is 3.27. The molecule has 5 nitrogen and oxygen atoms in total. The maximum Gasteiger partial charge on any atom is 0.138 e. The number of aliphatic hydroxyl groups excluding tert-OH is 2. The number of rotatable bonds is 5. The van der Waals surface area contributed by atoms with E-state index in [1.54, 1.807) is 0 Å². The smallest absolute Gasteiger partial charge is 0.138 e. The van der Waals surface area contributed by atoms with Crippen LogP contribution in [0.1, 0.15) is 17.0 Å². The topological polar surface area (TPSA) is 78.5 Å². The average Bonchev–Trinajstić information content (AvgIpc) is 2.48. The van der Waals surface area contributed by atoms with E-state index < -0.39 is 6.10 Å². The number of nitrogens with zero attached hydrogens (tertiary/aromatic N) is 1. The molecule has 1 rings (SSSR count). The molecule has 0 aliphatic rings. The molecule has 0 aromatic carbocycles. The van der Waals surface area contributed by atoms with Crippen LogP contribution in [-0.4, -0.2) is 34.6 Å². The van der Waals surface area contributed by atoms with Crippen LogP contribution in [0.5, 0.6) is 0 Å². The zero-order valence-corrected chi connectivity index (χ0v) is 8.45. The zero-order chi connectivity index (χ0) is 10.6. The molecule has 0 fully saturated rings. The van der Waals surface area contributed by atoms with Crippen LogP contribution in [0.2, 0.25) is 0 Å². The molecule has 1 aromatic heterocycles. The Morgan fingerprint density at radius 2 is 2.21 bits per heavy atom. The second-order valence-corrected chi connectivity index (χ2v) is 3.27. The van der Waals surface area contributed by atoms with Crippen molar-refractivity contribution in [1.82, 2.24) is 10.5 Å². The SMILES string of the molecule is Cc1noc(C)c1CNCC(O)CO. The summed E-state index contributed by atoms with van der Waals surface area (Å²) in [4.78, 5) is 0. The van der Waals surface area contributed by atoms with E-state index >= 15 is 0 Å². The molecule has 0 saturated carbocycles. The first-order chi connectivity index (χ1) is 6.65. The molecule has 14 heavy (non-hydrogen) atoms. The van der Waals surface area contributed by atoms with E-state index in [1.807, 2.05) is 13.8 Å². The standard InChI is InChI=1S/C9H16N2O3/c1-6-9(7(2)14-11-6)4-10-3-8(13)5-12/h8,10,12-13H,3-5H2,1-2H3. The molecular weight excluding hydrogens is 184 g/mol. The van der Waals surface area contributed by atoms with Crippen molar-refractivity contribution < 1.29 is 14.7 Å². The number of hydrogen-bond acceptors (Lipinski definition) is 5. The van der Waals surface area contributed by atoms with Gasteiger partial charge in [-0.25, -0.2) is 0 Å². The van der Waals surface area contributed by atoms with Crippen LogP contribution in [0.25, 0.3) is 0 Å². The van der Waals surface area contributed by atoms with Gasteiger partial charge < -0.3 is 20.1 Å². The van der Waals surface area contributed by atoms with Crippen LogP contribution < -0.4 is 5.32 Å². The van der Waals surface area contributed by atoms with Crippen LogP contribution in [0.15, 0.2) is 4.52 Å². The van der Waals surface area contributed by atoms with Gasteiger partial charge in [-0.1, -0.05) is 5.16 Å². The zero-order valence-electron chi connectivity index (χ0n) is 8.45. The average molecular weight is 200 g/mol. The fourth-order valence-electron chi connectivity index (χ4n) is 1.18. The molecule has 0 bridgehead atoms. The summed E-state index contributed by atoms with van der Waals surface area (Å²) in [6.45, 7) is 4.45. The number of nitrogens with one attached hydrogen (secondary N) is 1. The van der Waals surface area contributed by atoms with Gasteiger partial charge >= 0.3 is 0 Å². The molecule has 1 aromatic rings. The van der Waals surface area contributed by atoms with Crippen molar-refractivity contribution in [2.24, 2.45) is 0 Å². The van der Waals surface area contributed by atoms with Gasteiger partial charge in [0.1, 0.15) is 5.76 Å². The van der Waals surface area contributed by atoms with Crippen LogP contribution in [0, 0.1) is 13.8 Å². The fraction of sp³-hybridized carbons (Fsp3) is 0.667. The van der Waals surface area contributed by atoms with E-state index in [2.05, 4.69) is 10.5 Å². The van der Waals surface area contributed by atoms with Gasteiger partial charge in [0.05, 0.1) is 18.4 Å². The molecule has 0 radical (unpaired) electrons. The van der Waals surface area contributed by atoms with Gasteiger partial charge in [-0.3, -0.25) is 0 Å². The fourth-order valence-corrected chi connectivity index (χ4v) is 1.18. The summed E-state index contributed by atoms with van der Waals surface area (Å²) in [6, 6.07) is 0. The van der Waals surface area contributed by atoms with Crippen molar-refractivity contribution in [2.75, 3.05) is 13.2 Å². The summed E-state index contributed by atoms with van der Waals surface area (Å²) < 4.78 is 4.98. The lowest BCUT2D eigenvalue weighted by molar-refractivity contribution is 0.0942. The molecule has 5 heteroatoms. The summed E-state index contributed by atoms with van der Waals surface area (Å²) in [5, 5.41) is 24.5. The molecule has 0 amide bonds. The van der Waals surface area contributed by atoms with E-state index in [1.165, 1.54) is 0 Å². The Morgan fingerprint density at radius 3 is 2.71 bits per heavy atom. The summed E-state index contributed by atoms with van der Waals surface area (Å²) in [5.74, 6) is 0.786. The van der Waals surface area contributed by atoms with Crippen LogP contribution in [0.3, 0.4) is 0 Å². The first-order valence-corrected chi connectivity index (χ1v) is 4.56. The van der Waals surface area contributed by atoms with E-state index in [4.69, 9.17) is 14.7 Å². The van der Waals surface area contributed by atoms with E-state index in [9.17, 15) is 0 Å². The number of aryl methyl sites for hydroxylation is 2. The first kappa shape index (κ1) is 11.2. The van der Waals surface area contributed by atoms with Gasteiger partial charge in [0.15, 0.2) is 0 Å². The highest BCUT2D eigenvalue weighted by atomic mass is 16.5. The Bertz CT molecular complexity index is 266. The molecule has 1 heterocycles. The van der Waals surface area contributed by atoms with Crippen molar-refractivity contribution >= 4 is 0 Å². The quantitative estimate of drug-likeness (QED) is 0.610. The second kappa shape index (κ2) is 5.09. The lowest BCUT2D eigenvalue weighted by Crippen LogP contribution is -2.29. The summed E-state index contributed by atoms with van der Waals surface area (Å²) in [5.41, 5.74) is 1.86. The molecule has 0 aliphatic heterocycles. The Labute approximate surface area is 82.7 Å². The van der Waals surface area contributed by atoms with Crippen LogP contribution in [-0.2, 0) is 6.54 Å². The minimum atomic E-state index is -0.713.